The minimum atomic E-state index is 0.0375. The summed E-state index contributed by atoms with van der Waals surface area (Å²) in [6.45, 7) is 3.04. The summed E-state index contributed by atoms with van der Waals surface area (Å²) in [6, 6.07) is 10.1. The van der Waals surface area contributed by atoms with Gasteiger partial charge in [0, 0.05) is 36.6 Å². The first-order valence-corrected chi connectivity index (χ1v) is 6.91. The lowest BCUT2D eigenvalue weighted by molar-refractivity contribution is 0.0781. The number of pyridine rings is 1. The minimum absolute atomic E-state index is 0.0375. The molecule has 0 spiro atoms. The van der Waals surface area contributed by atoms with Gasteiger partial charge in [-0.1, -0.05) is 12.1 Å². The Morgan fingerprint density at radius 3 is 2.95 bits per heavy atom. The van der Waals surface area contributed by atoms with E-state index in [-0.39, 0.29) is 5.91 Å². The van der Waals surface area contributed by atoms with Crippen LogP contribution in [0.25, 0.3) is 11.1 Å². The van der Waals surface area contributed by atoms with Gasteiger partial charge in [-0.2, -0.15) is 5.26 Å². The molecular formula is C17H15N3O. The molecule has 0 fully saturated rings. The molecule has 21 heavy (non-hydrogen) atoms. The van der Waals surface area contributed by atoms with E-state index in [4.69, 9.17) is 5.26 Å². The van der Waals surface area contributed by atoms with Crippen LogP contribution in [0.2, 0.25) is 0 Å². The zero-order valence-corrected chi connectivity index (χ0v) is 11.8. The van der Waals surface area contributed by atoms with Crippen molar-refractivity contribution in [2.24, 2.45) is 0 Å². The normalized spacial score (nSPS) is 13.1. The van der Waals surface area contributed by atoms with Crippen LogP contribution in [0, 0.1) is 18.3 Å². The van der Waals surface area contributed by atoms with Crippen molar-refractivity contribution < 1.29 is 4.79 Å². The third-order valence-electron chi connectivity index (χ3n) is 3.77. The molecule has 0 radical (unpaired) electrons. The lowest BCUT2D eigenvalue weighted by atomic mass is 9.97. The third kappa shape index (κ3) is 2.38. The van der Waals surface area contributed by atoms with Crippen LogP contribution in [0.4, 0.5) is 0 Å². The summed E-state index contributed by atoms with van der Waals surface area (Å²) in [5, 5.41) is 8.68. The van der Waals surface area contributed by atoms with E-state index in [1.54, 1.807) is 11.1 Å². The molecule has 3 rings (SSSR count). The maximum absolute atomic E-state index is 12.4. The highest BCUT2D eigenvalue weighted by Crippen LogP contribution is 2.31. The van der Waals surface area contributed by atoms with Crippen LogP contribution in [0.1, 0.15) is 27.9 Å². The first-order chi connectivity index (χ1) is 10.2. The zero-order valence-electron chi connectivity index (χ0n) is 11.8. The molecule has 0 aliphatic carbocycles. The first kappa shape index (κ1) is 13.3. The lowest BCUT2D eigenvalue weighted by Crippen LogP contribution is -2.24. The molecule has 4 heteroatoms. The predicted molar refractivity (Wildman–Crippen MR) is 79.4 cm³/mol. The summed E-state index contributed by atoms with van der Waals surface area (Å²) in [6.07, 6.45) is 3.94. The molecule has 1 aliphatic heterocycles. The standard InChI is InChI=1S/C17H15N3O/c1-12-8-14(13-4-2-6-19-10-13)9-15-11-20(7-3-5-18)17(21)16(12)15/h2,4,6,8-10H,3,7,11H2,1H3. The number of carbonyl (C=O) groups is 1. The van der Waals surface area contributed by atoms with E-state index in [9.17, 15) is 4.79 Å². The Kier molecular flexibility index (Phi) is 3.41. The van der Waals surface area contributed by atoms with Gasteiger partial charge in [-0.3, -0.25) is 9.78 Å². The second-order valence-electron chi connectivity index (χ2n) is 5.20. The quantitative estimate of drug-likeness (QED) is 0.866. The molecule has 0 atom stereocenters. The van der Waals surface area contributed by atoms with E-state index >= 15 is 0 Å². The van der Waals surface area contributed by atoms with Gasteiger partial charge in [0.25, 0.3) is 5.91 Å². The summed E-state index contributed by atoms with van der Waals surface area (Å²) in [5.41, 5.74) is 4.94. The van der Waals surface area contributed by atoms with Gasteiger partial charge in [0.2, 0.25) is 0 Å². The summed E-state index contributed by atoms with van der Waals surface area (Å²) >= 11 is 0. The summed E-state index contributed by atoms with van der Waals surface area (Å²) < 4.78 is 0. The van der Waals surface area contributed by atoms with Gasteiger partial charge in [-0.15, -0.1) is 0 Å². The molecule has 2 heterocycles. The van der Waals surface area contributed by atoms with E-state index in [0.29, 0.717) is 19.5 Å². The van der Waals surface area contributed by atoms with Gasteiger partial charge < -0.3 is 4.90 Å². The highest BCUT2D eigenvalue weighted by Gasteiger charge is 2.29. The Labute approximate surface area is 123 Å². The number of carbonyl (C=O) groups excluding carboxylic acids is 1. The average Bonchev–Trinajstić information content (AvgIpc) is 2.82. The zero-order chi connectivity index (χ0) is 14.8. The Balaban J connectivity index is 1.98. The van der Waals surface area contributed by atoms with Gasteiger partial charge in [-0.05, 0) is 35.7 Å². The Bertz CT molecular complexity index is 732. The fraction of sp³-hybridized carbons (Fsp3) is 0.235. The molecule has 0 bridgehead atoms. The molecule has 1 aliphatic rings. The van der Waals surface area contributed by atoms with E-state index in [1.807, 2.05) is 31.3 Å². The summed E-state index contributed by atoms with van der Waals surface area (Å²) in [7, 11) is 0. The minimum Gasteiger partial charge on any atom is -0.333 e. The molecule has 1 aromatic carbocycles. The first-order valence-electron chi connectivity index (χ1n) is 6.91. The Morgan fingerprint density at radius 1 is 1.38 bits per heavy atom. The fourth-order valence-electron chi connectivity index (χ4n) is 2.79. The number of nitriles is 1. The van der Waals surface area contributed by atoms with Gasteiger partial charge in [0.05, 0.1) is 12.5 Å². The molecule has 104 valence electrons. The van der Waals surface area contributed by atoms with E-state index < -0.39 is 0 Å². The van der Waals surface area contributed by atoms with Gasteiger partial charge in [-0.25, -0.2) is 0 Å². The number of hydrogen-bond donors (Lipinski definition) is 0. The highest BCUT2D eigenvalue weighted by molar-refractivity contribution is 6.00. The fourth-order valence-corrected chi connectivity index (χ4v) is 2.79. The molecule has 1 amide bonds. The Morgan fingerprint density at radius 2 is 2.24 bits per heavy atom. The molecule has 0 saturated carbocycles. The lowest BCUT2D eigenvalue weighted by Gasteiger charge is -2.12. The van der Waals surface area contributed by atoms with Crippen molar-refractivity contribution in [1.29, 1.82) is 5.26 Å². The van der Waals surface area contributed by atoms with Gasteiger partial charge in [0.1, 0.15) is 0 Å². The molecular weight excluding hydrogens is 262 g/mol. The van der Waals surface area contributed by atoms with Crippen LogP contribution in [0.15, 0.2) is 36.7 Å². The number of aromatic nitrogens is 1. The van der Waals surface area contributed by atoms with Gasteiger partial charge >= 0.3 is 0 Å². The van der Waals surface area contributed by atoms with Crippen molar-refractivity contribution in [3.63, 3.8) is 0 Å². The van der Waals surface area contributed by atoms with Crippen molar-refractivity contribution in [3.8, 4) is 17.2 Å². The molecule has 0 N–H and O–H groups in total. The van der Waals surface area contributed by atoms with Crippen LogP contribution in [-0.2, 0) is 6.54 Å². The summed E-state index contributed by atoms with van der Waals surface area (Å²) in [4.78, 5) is 18.3. The smallest absolute Gasteiger partial charge is 0.254 e. The van der Waals surface area contributed by atoms with Crippen LogP contribution in [-0.4, -0.2) is 22.3 Å². The molecule has 4 nitrogen and oxygen atoms in total. The molecule has 1 aromatic heterocycles. The number of benzene rings is 1. The van der Waals surface area contributed by atoms with Gasteiger partial charge in [0.15, 0.2) is 0 Å². The van der Waals surface area contributed by atoms with Crippen molar-refractivity contribution in [2.75, 3.05) is 6.54 Å². The maximum Gasteiger partial charge on any atom is 0.254 e. The highest BCUT2D eigenvalue weighted by atomic mass is 16.2. The molecule has 2 aromatic rings. The largest absolute Gasteiger partial charge is 0.333 e. The van der Waals surface area contributed by atoms with E-state index in [0.717, 1.165) is 27.8 Å². The summed E-state index contributed by atoms with van der Waals surface area (Å²) in [5.74, 6) is 0.0375. The second kappa shape index (κ2) is 5.37. The van der Waals surface area contributed by atoms with Crippen molar-refractivity contribution in [3.05, 3.63) is 53.3 Å². The number of aryl methyl sites for hydroxylation is 1. The third-order valence-corrected chi connectivity index (χ3v) is 3.77. The maximum atomic E-state index is 12.4. The number of fused-ring (bicyclic) bond motifs is 1. The van der Waals surface area contributed by atoms with E-state index in [2.05, 4.69) is 17.1 Å². The second-order valence-corrected chi connectivity index (χ2v) is 5.20. The van der Waals surface area contributed by atoms with Crippen molar-refractivity contribution in [1.82, 2.24) is 9.88 Å². The number of rotatable bonds is 3. The molecule has 0 unspecified atom stereocenters. The number of hydrogen-bond acceptors (Lipinski definition) is 3. The van der Waals surface area contributed by atoms with Crippen molar-refractivity contribution in [2.45, 2.75) is 19.9 Å². The monoisotopic (exact) mass is 277 g/mol. The Hall–Kier alpha value is -2.67. The van der Waals surface area contributed by atoms with Crippen molar-refractivity contribution >= 4 is 5.91 Å². The van der Waals surface area contributed by atoms with Crippen LogP contribution < -0.4 is 0 Å². The number of amides is 1. The van der Waals surface area contributed by atoms with Crippen LogP contribution >= 0.6 is 0 Å². The van der Waals surface area contributed by atoms with Crippen LogP contribution in [0.3, 0.4) is 0 Å². The average molecular weight is 277 g/mol. The SMILES string of the molecule is Cc1cc(-c2cccnc2)cc2c1C(=O)N(CCC#N)C2. The topological polar surface area (TPSA) is 57.0 Å². The number of nitrogens with zero attached hydrogens (tertiary/aromatic N) is 3. The van der Waals surface area contributed by atoms with E-state index in [1.165, 1.54) is 0 Å². The van der Waals surface area contributed by atoms with Crippen LogP contribution in [0.5, 0.6) is 0 Å². The molecule has 0 saturated heterocycles. The predicted octanol–water partition coefficient (Wildman–Crippen LogP) is 2.93.